The van der Waals surface area contributed by atoms with E-state index >= 15 is 0 Å². The average molecular weight is 322 g/mol. The molecule has 0 aliphatic rings. The lowest BCUT2D eigenvalue weighted by Gasteiger charge is -2.13. The summed E-state index contributed by atoms with van der Waals surface area (Å²) in [6, 6.07) is 5.72. The molecule has 1 aromatic rings. The summed E-state index contributed by atoms with van der Waals surface area (Å²) in [7, 11) is -3.44. The molecule has 17 heavy (non-hydrogen) atoms. The van der Waals surface area contributed by atoms with E-state index in [4.69, 9.17) is 9.88 Å². The Morgan fingerprint density at radius 2 is 2.12 bits per heavy atom. The summed E-state index contributed by atoms with van der Waals surface area (Å²) in [5.74, 6) is 0.545. The Hall–Kier alpha value is -0.590. The normalized spacial score (nSPS) is 13.4. The first-order valence-corrected chi connectivity index (χ1v) is 7.68. The van der Waals surface area contributed by atoms with Crippen LogP contribution in [0.25, 0.3) is 0 Å². The van der Waals surface area contributed by atoms with Crippen LogP contribution in [0.15, 0.2) is 22.7 Å². The van der Waals surface area contributed by atoms with Gasteiger partial charge in [-0.15, -0.1) is 0 Å². The van der Waals surface area contributed by atoms with Gasteiger partial charge in [-0.3, -0.25) is 0 Å². The van der Waals surface area contributed by atoms with E-state index in [1.165, 1.54) is 0 Å². The number of ether oxygens (including phenoxy) is 1. The number of sulfonamides is 1. The number of hydrogen-bond acceptors (Lipinski definition) is 3. The maximum atomic E-state index is 10.9. The highest BCUT2D eigenvalue weighted by molar-refractivity contribution is 9.10. The van der Waals surface area contributed by atoms with E-state index in [1.54, 1.807) is 6.92 Å². The Balaban J connectivity index is 2.58. The lowest BCUT2D eigenvalue weighted by atomic mass is 10.2. The molecule has 1 unspecified atom stereocenters. The van der Waals surface area contributed by atoms with Crippen molar-refractivity contribution in [2.24, 2.45) is 11.1 Å². The molecule has 0 spiro atoms. The fourth-order valence-corrected chi connectivity index (χ4v) is 2.64. The molecule has 6 heteroatoms. The van der Waals surface area contributed by atoms with Crippen LogP contribution in [0, 0.1) is 12.8 Å². The first-order chi connectivity index (χ1) is 7.78. The lowest BCUT2D eigenvalue weighted by molar-refractivity contribution is 0.270. The number of aryl methyl sites for hydroxylation is 1. The number of primary sulfonamides is 1. The Morgan fingerprint density at radius 1 is 1.47 bits per heavy atom. The zero-order valence-corrected chi connectivity index (χ0v) is 12.2. The second kappa shape index (κ2) is 5.84. The van der Waals surface area contributed by atoms with Crippen LogP contribution < -0.4 is 9.88 Å². The molecule has 0 bridgehead atoms. The van der Waals surface area contributed by atoms with Gasteiger partial charge in [0, 0.05) is 10.4 Å². The molecular formula is C11H16BrNO3S. The number of nitrogens with two attached hydrogens (primary N) is 1. The third-order valence-electron chi connectivity index (χ3n) is 2.19. The standard InChI is InChI=1S/C11H16BrNO3S/c1-8(7-17(13,14)15)6-16-11-5-10(12)4-3-9(11)2/h3-5,8H,6-7H2,1-2H3,(H2,13,14,15). The van der Waals surface area contributed by atoms with Crippen LogP contribution >= 0.6 is 15.9 Å². The topological polar surface area (TPSA) is 69.4 Å². The van der Waals surface area contributed by atoms with E-state index in [0.717, 1.165) is 15.8 Å². The zero-order valence-electron chi connectivity index (χ0n) is 9.81. The van der Waals surface area contributed by atoms with Crippen molar-refractivity contribution in [1.82, 2.24) is 0 Å². The summed E-state index contributed by atoms with van der Waals surface area (Å²) in [4.78, 5) is 0. The van der Waals surface area contributed by atoms with Gasteiger partial charge in [0.2, 0.25) is 10.0 Å². The van der Waals surface area contributed by atoms with Crippen molar-refractivity contribution in [2.75, 3.05) is 12.4 Å². The van der Waals surface area contributed by atoms with Crippen LogP contribution in [-0.2, 0) is 10.0 Å². The van der Waals surface area contributed by atoms with Crippen molar-refractivity contribution in [1.29, 1.82) is 0 Å². The Kier molecular flexibility index (Phi) is 4.97. The molecular weight excluding hydrogens is 306 g/mol. The molecule has 0 aliphatic carbocycles. The van der Waals surface area contributed by atoms with Crippen LogP contribution in [0.2, 0.25) is 0 Å². The zero-order chi connectivity index (χ0) is 13.1. The fraction of sp³-hybridized carbons (Fsp3) is 0.455. The van der Waals surface area contributed by atoms with E-state index < -0.39 is 10.0 Å². The van der Waals surface area contributed by atoms with Crippen molar-refractivity contribution in [3.8, 4) is 5.75 Å². The van der Waals surface area contributed by atoms with Gasteiger partial charge in [-0.25, -0.2) is 13.6 Å². The Morgan fingerprint density at radius 3 is 2.71 bits per heavy atom. The molecule has 0 aliphatic heterocycles. The van der Waals surface area contributed by atoms with Gasteiger partial charge in [-0.1, -0.05) is 28.9 Å². The highest BCUT2D eigenvalue weighted by Crippen LogP contribution is 2.23. The lowest BCUT2D eigenvalue weighted by Crippen LogP contribution is -2.25. The molecule has 0 saturated carbocycles. The molecule has 2 N–H and O–H groups in total. The summed E-state index contributed by atoms with van der Waals surface area (Å²) in [5, 5.41) is 4.97. The third kappa shape index (κ3) is 5.52. The molecule has 1 aromatic carbocycles. The van der Waals surface area contributed by atoms with Crippen molar-refractivity contribution < 1.29 is 13.2 Å². The molecule has 0 aromatic heterocycles. The third-order valence-corrected chi connectivity index (χ3v) is 3.72. The van der Waals surface area contributed by atoms with E-state index in [2.05, 4.69) is 15.9 Å². The van der Waals surface area contributed by atoms with Crippen LogP contribution in [0.1, 0.15) is 12.5 Å². The number of hydrogen-bond donors (Lipinski definition) is 1. The SMILES string of the molecule is Cc1ccc(Br)cc1OCC(C)CS(N)(=O)=O. The fourth-order valence-electron chi connectivity index (χ4n) is 1.41. The first-order valence-electron chi connectivity index (χ1n) is 5.17. The molecule has 96 valence electrons. The van der Waals surface area contributed by atoms with Gasteiger partial charge < -0.3 is 4.74 Å². The maximum Gasteiger partial charge on any atom is 0.209 e. The van der Waals surface area contributed by atoms with Gasteiger partial charge in [0.05, 0.1) is 12.4 Å². The largest absolute Gasteiger partial charge is 0.493 e. The van der Waals surface area contributed by atoms with Gasteiger partial charge >= 0.3 is 0 Å². The maximum absolute atomic E-state index is 10.9. The number of rotatable bonds is 5. The van der Waals surface area contributed by atoms with Gasteiger partial charge in [0.15, 0.2) is 0 Å². The van der Waals surface area contributed by atoms with Gasteiger partial charge in [-0.05, 0) is 24.6 Å². The first kappa shape index (κ1) is 14.5. The summed E-state index contributed by atoms with van der Waals surface area (Å²) < 4.78 is 28.3. The van der Waals surface area contributed by atoms with Gasteiger partial charge in [-0.2, -0.15) is 0 Å². The van der Waals surface area contributed by atoms with Gasteiger partial charge in [0.1, 0.15) is 5.75 Å². The minimum absolute atomic E-state index is 0.0694. The van der Waals surface area contributed by atoms with Crippen molar-refractivity contribution >= 4 is 26.0 Å². The highest BCUT2D eigenvalue weighted by atomic mass is 79.9. The van der Waals surface area contributed by atoms with Crippen LogP contribution in [-0.4, -0.2) is 20.8 Å². The molecule has 0 amide bonds. The Bertz CT molecular complexity index is 487. The van der Waals surface area contributed by atoms with Crippen molar-refractivity contribution in [3.63, 3.8) is 0 Å². The average Bonchev–Trinajstić information content (AvgIpc) is 2.17. The number of benzene rings is 1. The molecule has 4 nitrogen and oxygen atoms in total. The monoisotopic (exact) mass is 321 g/mol. The Labute approximate surface area is 110 Å². The number of halogens is 1. The summed E-state index contributed by atoms with van der Waals surface area (Å²) >= 11 is 3.36. The van der Waals surface area contributed by atoms with Crippen LogP contribution in [0.3, 0.4) is 0 Å². The predicted octanol–water partition coefficient (Wildman–Crippen LogP) is 2.06. The van der Waals surface area contributed by atoms with E-state index in [9.17, 15) is 8.42 Å². The smallest absolute Gasteiger partial charge is 0.209 e. The molecule has 0 saturated heterocycles. The molecule has 1 rings (SSSR count). The van der Waals surface area contributed by atoms with E-state index in [1.807, 2.05) is 25.1 Å². The second-order valence-corrected chi connectivity index (χ2v) is 6.73. The van der Waals surface area contributed by atoms with Crippen LogP contribution in [0.4, 0.5) is 0 Å². The van der Waals surface area contributed by atoms with E-state index in [0.29, 0.717) is 6.61 Å². The highest BCUT2D eigenvalue weighted by Gasteiger charge is 2.12. The summed E-state index contributed by atoms with van der Waals surface area (Å²) in [6.45, 7) is 4.05. The minimum atomic E-state index is -3.44. The van der Waals surface area contributed by atoms with Crippen LogP contribution in [0.5, 0.6) is 5.75 Å². The minimum Gasteiger partial charge on any atom is -0.493 e. The van der Waals surface area contributed by atoms with Gasteiger partial charge in [0.25, 0.3) is 0 Å². The van der Waals surface area contributed by atoms with E-state index in [-0.39, 0.29) is 11.7 Å². The summed E-state index contributed by atoms with van der Waals surface area (Å²) in [6.07, 6.45) is 0. The summed E-state index contributed by atoms with van der Waals surface area (Å²) in [5.41, 5.74) is 1.01. The predicted molar refractivity (Wildman–Crippen MR) is 71.5 cm³/mol. The molecule has 0 heterocycles. The molecule has 1 atom stereocenters. The quantitative estimate of drug-likeness (QED) is 0.902. The van der Waals surface area contributed by atoms with Crippen molar-refractivity contribution in [3.05, 3.63) is 28.2 Å². The molecule has 0 fully saturated rings. The van der Waals surface area contributed by atoms with Crippen molar-refractivity contribution in [2.45, 2.75) is 13.8 Å². The second-order valence-electron chi connectivity index (χ2n) is 4.16. The molecule has 0 radical (unpaired) electrons.